The van der Waals surface area contributed by atoms with Crippen LogP contribution in [0, 0.1) is 5.82 Å². The number of hydrogen-bond donors (Lipinski definition) is 1. The van der Waals surface area contributed by atoms with Crippen molar-refractivity contribution in [3.8, 4) is 0 Å². The monoisotopic (exact) mass is 355 g/mol. The van der Waals surface area contributed by atoms with Gasteiger partial charge in [-0.3, -0.25) is 4.79 Å². The molecule has 0 aromatic heterocycles. The predicted octanol–water partition coefficient (Wildman–Crippen LogP) is 4.21. The van der Waals surface area contributed by atoms with E-state index in [-0.39, 0.29) is 5.56 Å². The van der Waals surface area contributed by atoms with Crippen LogP contribution in [-0.4, -0.2) is 12.5 Å². The molecular weight excluding hydrogens is 345 g/mol. The summed E-state index contributed by atoms with van der Waals surface area (Å²) in [6.45, 7) is 0.440. The maximum absolute atomic E-state index is 13.6. The molecule has 0 heterocycles. The van der Waals surface area contributed by atoms with E-state index in [9.17, 15) is 9.18 Å². The molecule has 2 nitrogen and oxygen atoms in total. The average molecular weight is 357 g/mol. The highest BCUT2D eigenvalue weighted by molar-refractivity contribution is 9.10. The zero-order valence-electron chi connectivity index (χ0n) is 10.5. The first-order valence-electron chi connectivity index (χ1n) is 6.04. The SMILES string of the molecule is O=C(NCCc1ccc(Cl)cc1)c1ccc(Br)cc1F. The molecule has 0 unspecified atom stereocenters. The minimum atomic E-state index is -0.539. The van der Waals surface area contributed by atoms with E-state index < -0.39 is 11.7 Å². The molecule has 0 atom stereocenters. The number of carbonyl (C=O) groups excluding carboxylic acids is 1. The molecule has 2 aromatic carbocycles. The summed E-state index contributed by atoms with van der Waals surface area (Å²) in [5, 5.41) is 3.37. The highest BCUT2D eigenvalue weighted by Crippen LogP contribution is 2.15. The molecule has 20 heavy (non-hydrogen) atoms. The second-order valence-electron chi connectivity index (χ2n) is 4.26. The van der Waals surface area contributed by atoms with Crippen LogP contribution in [0.5, 0.6) is 0 Å². The normalized spacial score (nSPS) is 10.3. The van der Waals surface area contributed by atoms with Gasteiger partial charge in [0.05, 0.1) is 5.56 Å². The van der Waals surface area contributed by atoms with Gasteiger partial charge in [-0.2, -0.15) is 0 Å². The lowest BCUT2D eigenvalue weighted by Crippen LogP contribution is -2.26. The molecule has 104 valence electrons. The summed E-state index contributed by atoms with van der Waals surface area (Å²) < 4.78 is 14.2. The van der Waals surface area contributed by atoms with Crippen molar-refractivity contribution in [3.05, 3.63) is 68.9 Å². The smallest absolute Gasteiger partial charge is 0.254 e. The molecule has 0 fully saturated rings. The summed E-state index contributed by atoms with van der Waals surface area (Å²) in [6, 6.07) is 11.8. The zero-order valence-corrected chi connectivity index (χ0v) is 12.8. The van der Waals surface area contributed by atoms with Crippen molar-refractivity contribution in [2.24, 2.45) is 0 Å². The maximum Gasteiger partial charge on any atom is 0.254 e. The van der Waals surface area contributed by atoms with E-state index in [1.54, 1.807) is 18.2 Å². The van der Waals surface area contributed by atoms with Gasteiger partial charge in [-0.1, -0.05) is 39.7 Å². The Balaban J connectivity index is 1.90. The number of nitrogens with one attached hydrogen (secondary N) is 1. The quantitative estimate of drug-likeness (QED) is 0.873. The summed E-state index contributed by atoms with van der Waals surface area (Å²) in [7, 11) is 0. The Labute approximate surface area is 130 Å². The van der Waals surface area contributed by atoms with E-state index >= 15 is 0 Å². The van der Waals surface area contributed by atoms with Gasteiger partial charge in [-0.05, 0) is 42.3 Å². The van der Waals surface area contributed by atoms with Gasteiger partial charge in [0.25, 0.3) is 5.91 Å². The van der Waals surface area contributed by atoms with E-state index in [1.165, 1.54) is 12.1 Å². The van der Waals surface area contributed by atoms with Crippen LogP contribution < -0.4 is 5.32 Å². The van der Waals surface area contributed by atoms with Crippen molar-refractivity contribution in [3.63, 3.8) is 0 Å². The van der Waals surface area contributed by atoms with Gasteiger partial charge in [0.2, 0.25) is 0 Å². The Morgan fingerprint density at radius 2 is 1.90 bits per heavy atom. The first-order valence-corrected chi connectivity index (χ1v) is 7.21. The Hall–Kier alpha value is -1.39. The second-order valence-corrected chi connectivity index (χ2v) is 5.61. The van der Waals surface area contributed by atoms with Crippen molar-refractivity contribution in [2.45, 2.75) is 6.42 Å². The number of carbonyl (C=O) groups is 1. The predicted molar refractivity (Wildman–Crippen MR) is 81.6 cm³/mol. The lowest BCUT2D eigenvalue weighted by atomic mass is 10.1. The van der Waals surface area contributed by atoms with E-state index in [1.807, 2.05) is 12.1 Å². The second kappa shape index (κ2) is 6.86. The third kappa shape index (κ3) is 4.05. The summed E-state index contributed by atoms with van der Waals surface area (Å²) >= 11 is 8.94. The molecule has 5 heteroatoms. The molecule has 1 amide bonds. The number of halogens is 3. The highest BCUT2D eigenvalue weighted by Gasteiger charge is 2.11. The molecule has 0 saturated heterocycles. The van der Waals surface area contributed by atoms with Crippen molar-refractivity contribution in [2.75, 3.05) is 6.54 Å². The summed E-state index contributed by atoms with van der Waals surface area (Å²) in [5.41, 5.74) is 1.11. The molecule has 0 aliphatic rings. The minimum Gasteiger partial charge on any atom is -0.352 e. The van der Waals surface area contributed by atoms with Crippen LogP contribution in [0.3, 0.4) is 0 Å². The van der Waals surface area contributed by atoms with Crippen molar-refractivity contribution < 1.29 is 9.18 Å². The van der Waals surface area contributed by atoms with Crippen molar-refractivity contribution in [1.82, 2.24) is 5.32 Å². The van der Waals surface area contributed by atoms with Gasteiger partial charge in [0.1, 0.15) is 5.82 Å². The molecule has 0 saturated carbocycles. The van der Waals surface area contributed by atoms with Crippen LogP contribution in [0.4, 0.5) is 4.39 Å². The first kappa shape index (κ1) is 15.0. The third-order valence-corrected chi connectivity index (χ3v) is 3.53. The van der Waals surface area contributed by atoms with Crippen LogP contribution >= 0.6 is 27.5 Å². The Morgan fingerprint density at radius 3 is 2.55 bits per heavy atom. The fourth-order valence-electron chi connectivity index (χ4n) is 1.74. The molecule has 0 bridgehead atoms. The van der Waals surface area contributed by atoms with Crippen LogP contribution in [0.1, 0.15) is 15.9 Å². The van der Waals surface area contributed by atoms with Gasteiger partial charge in [-0.25, -0.2) is 4.39 Å². The molecule has 2 aromatic rings. The molecule has 0 spiro atoms. The molecular formula is C15H12BrClFNO. The number of rotatable bonds is 4. The van der Waals surface area contributed by atoms with E-state index in [2.05, 4.69) is 21.2 Å². The lowest BCUT2D eigenvalue weighted by Gasteiger charge is -2.06. The summed E-state index contributed by atoms with van der Waals surface area (Å²) in [5.74, 6) is -0.952. The molecule has 0 radical (unpaired) electrons. The van der Waals surface area contributed by atoms with Crippen LogP contribution in [0.2, 0.25) is 5.02 Å². The fraction of sp³-hybridized carbons (Fsp3) is 0.133. The molecule has 2 rings (SSSR count). The van der Waals surface area contributed by atoms with Crippen LogP contribution in [0.15, 0.2) is 46.9 Å². The minimum absolute atomic E-state index is 0.0457. The summed E-state index contributed by atoms with van der Waals surface area (Å²) in [4.78, 5) is 11.8. The maximum atomic E-state index is 13.6. The van der Waals surface area contributed by atoms with Gasteiger partial charge >= 0.3 is 0 Å². The van der Waals surface area contributed by atoms with Crippen molar-refractivity contribution >= 4 is 33.4 Å². The molecule has 0 aliphatic carbocycles. The topological polar surface area (TPSA) is 29.1 Å². The number of hydrogen-bond acceptors (Lipinski definition) is 1. The Bertz CT molecular complexity index is 616. The average Bonchev–Trinajstić information content (AvgIpc) is 2.41. The van der Waals surface area contributed by atoms with E-state index in [0.717, 1.165) is 5.56 Å². The van der Waals surface area contributed by atoms with E-state index in [4.69, 9.17) is 11.6 Å². The Morgan fingerprint density at radius 1 is 1.20 bits per heavy atom. The molecule has 1 N–H and O–H groups in total. The number of amides is 1. The number of benzene rings is 2. The van der Waals surface area contributed by atoms with Crippen LogP contribution in [0.25, 0.3) is 0 Å². The van der Waals surface area contributed by atoms with Crippen molar-refractivity contribution in [1.29, 1.82) is 0 Å². The Kier molecular flexibility index (Phi) is 5.15. The largest absolute Gasteiger partial charge is 0.352 e. The fourth-order valence-corrected chi connectivity index (χ4v) is 2.20. The summed E-state index contributed by atoms with van der Waals surface area (Å²) in [6.07, 6.45) is 0.668. The lowest BCUT2D eigenvalue weighted by molar-refractivity contribution is 0.0950. The van der Waals surface area contributed by atoms with Gasteiger partial charge in [-0.15, -0.1) is 0 Å². The third-order valence-electron chi connectivity index (χ3n) is 2.79. The standard InChI is InChI=1S/C15H12BrClFNO/c16-11-3-6-13(14(18)9-11)15(20)19-8-7-10-1-4-12(17)5-2-10/h1-6,9H,7-8H2,(H,19,20). The zero-order chi connectivity index (χ0) is 14.5. The van der Waals surface area contributed by atoms with E-state index in [0.29, 0.717) is 22.5 Å². The van der Waals surface area contributed by atoms with Gasteiger partial charge in [0, 0.05) is 16.0 Å². The highest BCUT2D eigenvalue weighted by atomic mass is 79.9. The van der Waals surface area contributed by atoms with Gasteiger partial charge < -0.3 is 5.32 Å². The van der Waals surface area contributed by atoms with Crippen LogP contribution in [-0.2, 0) is 6.42 Å². The van der Waals surface area contributed by atoms with Gasteiger partial charge in [0.15, 0.2) is 0 Å². The molecule has 0 aliphatic heterocycles. The first-order chi connectivity index (χ1) is 9.56.